The van der Waals surface area contributed by atoms with Gasteiger partial charge in [0.1, 0.15) is 0 Å². The van der Waals surface area contributed by atoms with Gasteiger partial charge in [-0.15, -0.1) is 0 Å². The van der Waals surface area contributed by atoms with Crippen LogP contribution in [-0.2, 0) is 6.42 Å². The topological polar surface area (TPSA) is 15.3 Å². The Kier molecular flexibility index (Phi) is 6.80. The Morgan fingerprint density at radius 2 is 1.65 bits per heavy atom. The maximum Gasteiger partial charge on any atom is 0.0453 e. The quantitative estimate of drug-likeness (QED) is 0.809. The molecule has 0 saturated heterocycles. The summed E-state index contributed by atoms with van der Waals surface area (Å²) in [6.07, 6.45) is 0.818. The van der Waals surface area contributed by atoms with Gasteiger partial charge in [0.2, 0.25) is 0 Å². The molecule has 0 aliphatic carbocycles. The minimum absolute atomic E-state index is 0.0285. The standard InChI is InChI=1S/C16H26Cl2N2/c1-6-20(7-2)16(3,4)15(19-5)11-12-13(17)9-8-10-14(12)18/h8-10,15,19H,6-7,11H2,1-5H3. The van der Waals surface area contributed by atoms with Crippen molar-refractivity contribution in [2.24, 2.45) is 0 Å². The highest BCUT2D eigenvalue weighted by Crippen LogP contribution is 2.29. The number of nitrogens with zero attached hydrogens (tertiary/aromatic N) is 1. The fourth-order valence-electron chi connectivity index (χ4n) is 2.90. The lowest BCUT2D eigenvalue weighted by molar-refractivity contribution is 0.0944. The molecule has 0 spiro atoms. The van der Waals surface area contributed by atoms with E-state index in [0.717, 1.165) is 35.1 Å². The monoisotopic (exact) mass is 316 g/mol. The van der Waals surface area contributed by atoms with Crippen LogP contribution in [0.2, 0.25) is 10.0 Å². The molecule has 0 radical (unpaired) electrons. The first-order valence-corrected chi connectivity index (χ1v) is 7.99. The lowest BCUT2D eigenvalue weighted by atomic mass is 9.87. The van der Waals surface area contributed by atoms with Crippen LogP contribution in [0, 0.1) is 0 Å². The van der Waals surface area contributed by atoms with Crippen molar-refractivity contribution >= 4 is 23.2 Å². The molecule has 0 saturated carbocycles. The molecule has 0 fully saturated rings. The van der Waals surface area contributed by atoms with E-state index in [1.165, 1.54) is 0 Å². The highest BCUT2D eigenvalue weighted by Gasteiger charge is 2.33. The maximum atomic E-state index is 6.30. The molecule has 0 heterocycles. The minimum atomic E-state index is 0.0285. The van der Waals surface area contributed by atoms with Crippen molar-refractivity contribution < 1.29 is 0 Å². The van der Waals surface area contributed by atoms with Crippen LogP contribution in [0.5, 0.6) is 0 Å². The zero-order chi connectivity index (χ0) is 15.3. The summed E-state index contributed by atoms with van der Waals surface area (Å²) in [7, 11) is 2.00. The van der Waals surface area contributed by atoms with Crippen molar-refractivity contribution in [2.75, 3.05) is 20.1 Å². The van der Waals surface area contributed by atoms with Gasteiger partial charge in [-0.1, -0.05) is 43.1 Å². The molecule has 1 unspecified atom stereocenters. The molecule has 1 N–H and O–H groups in total. The molecule has 0 aliphatic heterocycles. The van der Waals surface area contributed by atoms with Crippen molar-refractivity contribution in [3.63, 3.8) is 0 Å². The smallest absolute Gasteiger partial charge is 0.0453 e. The van der Waals surface area contributed by atoms with E-state index in [2.05, 4.69) is 37.9 Å². The van der Waals surface area contributed by atoms with Crippen LogP contribution in [0.4, 0.5) is 0 Å². The van der Waals surface area contributed by atoms with Crippen molar-refractivity contribution in [3.8, 4) is 0 Å². The minimum Gasteiger partial charge on any atom is -0.315 e. The van der Waals surface area contributed by atoms with Gasteiger partial charge in [0.05, 0.1) is 0 Å². The number of benzene rings is 1. The number of rotatable bonds is 7. The third-order valence-electron chi connectivity index (χ3n) is 4.25. The van der Waals surface area contributed by atoms with Gasteiger partial charge in [0.25, 0.3) is 0 Å². The Hall–Kier alpha value is -0.280. The Bertz CT molecular complexity index is 408. The summed E-state index contributed by atoms with van der Waals surface area (Å²) in [5.74, 6) is 0. The summed E-state index contributed by atoms with van der Waals surface area (Å²) in [4.78, 5) is 2.46. The predicted octanol–water partition coefficient (Wildman–Crippen LogP) is 4.24. The fraction of sp³-hybridized carbons (Fsp3) is 0.625. The summed E-state index contributed by atoms with van der Waals surface area (Å²) in [5.41, 5.74) is 1.05. The second kappa shape index (κ2) is 7.65. The third-order valence-corrected chi connectivity index (χ3v) is 4.96. The van der Waals surface area contributed by atoms with Gasteiger partial charge in [0, 0.05) is 21.6 Å². The zero-order valence-electron chi connectivity index (χ0n) is 13.1. The van der Waals surface area contributed by atoms with E-state index in [1.54, 1.807) is 0 Å². The van der Waals surface area contributed by atoms with Crippen LogP contribution in [-0.4, -0.2) is 36.6 Å². The molecular weight excluding hydrogens is 291 g/mol. The van der Waals surface area contributed by atoms with Crippen molar-refractivity contribution in [1.82, 2.24) is 10.2 Å². The van der Waals surface area contributed by atoms with Gasteiger partial charge >= 0.3 is 0 Å². The number of nitrogens with one attached hydrogen (secondary N) is 1. The average molecular weight is 317 g/mol. The molecular formula is C16H26Cl2N2. The van der Waals surface area contributed by atoms with E-state index >= 15 is 0 Å². The maximum absolute atomic E-state index is 6.30. The zero-order valence-corrected chi connectivity index (χ0v) is 14.6. The molecule has 0 aromatic heterocycles. The van der Waals surface area contributed by atoms with Crippen LogP contribution in [0.1, 0.15) is 33.3 Å². The normalized spacial score (nSPS) is 13.8. The lowest BCUT2D eigenvalue weighted by Crippen LogP contribution is -2.57. The highest BCUT2D eigenvalue weighted by molar-refractivity contribution is 6.36. The van der Waals surface area contributed by atoms with Gasteiger partial charge in [-0.25, -0.2) is 0 Å². The Morgan fingerprint density at radius 3 is 2.05 bits per heavy atom. The van der Waals surface area contributed by atoms with Crippen molar-refractivity contribution in [1.29, 1.82) is 0 Å². The third kappa shape index (κ3) is 3.88. The number of halogens is 2. The molecule has 2 nitrogen and oxygen atoms in total. The Morgan fingerprint density at radius 1 is 1.15 bits per heavy atom. The molecule has 0 amide bonds. The average Bonchev–Trinajstić information content (AvgIpc) is 2.39. The molecule has 20 heavy (non-hydrogen) atoms. The van der Waals surface area contributed by atoms with Gasteiger partial charge in [-0.2, -0.15) is 0 Å². The lowest BCUT2D eigenvalue weighted by Gasteiger charge is -2.43. The summed E-state index contributed by atoms with van der Waals surface area (Å²) in [6.45, 7) is 11.0. The first-order chi connectivity index (χ1) is 9.38. The van der Waals surface area contributed by atoms with Crippen LogP contribution < -0.4 is 5.32 Å². The fourth-order valence-corrected chi connectivity index (χ4v) is 3.45. The first kappa shape index (κ1) is 17.8. The van der Waals surface area contributed by atoms with E-state index in [9.17, 15) is 0 Å². The summed E-state index contributed by atoms with van der Waals surface area (Å²) >= 11 is 12.6. The van der Waals surface area contributed by atoms with Gasteiger partial charge in [0.15, 0.2) is 0 Å². The van der Waals surface area contributed by atoms with Gasteiger partial charge in [-0.05, 0) is 58.1 Å². The van der Waals surface area contributed by atoms with Crippen LogP contribution in [0.3, 0.4) is 0 Å². The molecule has 1 atom stereocenters. The Balaban J connectivity index is 3.02. The molecule has 1 aromatic carbocycles. The molecule has 114 valence electrons. The highest BCUT2D eigenvalue weighted by atomic mass is 35.5. The second-order valence-electron chi connectivity index (χ2n) is 5.57. The van der Waals surface area contributed by atoms with Gasteiger partial charge in [-0.3, -0.25) is 4.90 Å². The van der Waals surface area contributed by atoms with Crippen LogP contribution >= 0.6 is 23.2 Å². The van der Waals surface area contributed by atoms with Gasteiger partial charge < -0.3 is 5.32 Å². The largest absolute Gasteiger partial charge is 0.315 e. The van der Waals surface area contributed by atoms with E-state index < -0.39 is 0 Å². The summed E-state index contributed by atoms with van der Waals surface area (Å²) < 4.78 is 0. The number of hydrogen-bond acceptors (Lipinski definition) is 2. The van der Waals surface area contributed by atoms with E-state index in [4.69, 9.17) is 23.2 Å². The molecule has 1 aromatic rings. The van der Waals surface area contributed by atoms with E-state index in [0.29, 0.717) is 0 Å². The predicted molar refractivity (Wildman–Crippen MR) is 90.0 cm³/mol. The SMILES string of the molecule is CCN(CC)C(C)(C)C(Cc1c(Cl)cccc1Cl)NC. The summed E-state index contributed by atoms with van der Waals surface area (Å²) in [5, 5.41) is 4.92. The van der Waals surface area contributed by atoms with Crippen LogP contribution in [0.15, 0.2) is 18.2 Å². The molecule has 0 bridgehead atoms. The Labute approximate surface area is 133 Å². The molecule has 4 heteroatoms. The molecule has 0 aliphatic rings. The van der Waals surface area contributed by atoms with Crippen molar-refractivity contribution in [3.05, 3.63) is 33.8 Å². The van der Waals surface area contributed by atoms with Crippen molar-refractivity contribution in [2.45, 2.75) is 45.7 Å². The summed E-state index contributed by atoms with van der Waals surface area (Å²) in [6, 6.07) is 5.97. The molecule has 1 rings (SSSR count). The first-order valence-electron chi connectivity index (χ1n) is 7.23. The van der Waals surface area contributed by atoms with Crippen LogP contribution in [0.25, 0.3) is 0 Å². The van der Waals surface area contributed by atoms with E-state index in [1.807, 2.05) is 25.2 Å². The second-order valence-corrected chi connectivity index (χ2v) is 6.39. The number of likely N-dealkylation sites (N-methyl/N-ethyl adjacent to an activating group) is 2. The number of hydrogen-bond donors (Lipinski definition) is 1. The van der Waals surface area contributed by atoms with E-state index in [-0.39, 0.29) is 11.6 Å².